The van der Waals surface area contributed by atoms with Crippen LogP contribution in [0.3, 0.4) is 0 Å². The summed E-state index contributed by atoms with van der Waals surface area (Å²) in [6, 6.07) is 11.8. The van der Waals surface area contributed by atoms with Gasteiger partial charge in [-0.25, -0.2) is 4.39 Å². The fourth-order valence-corrected chi connectivity index (χ4v) is 2.26. The number of halogens is 2. The number of nitrogens with zero attached hydrogens (tertiary/aromatic N) is 3. The molecule has 0 atom stereocenters. The first-order valence-electron chi connectivity index (χ1n) is 7.31. The summed E-state index contributed by atoms with van der Waals surface area (Å²) in [7, 11) is 0. The molecular formula is C17H15ClFN5. The van der Waals surface area contributed by atoms with Crippen molar-refractivity contribution in [3.8, 4) is 0 Å². The van der Waals surface area contributed by atoms with Crippen LogP contribution in [0.5, 0.6) is 0 Å². The summed E-state index contributed by atoms with van der Waals surface area (Å²) >= 11 is 6.01. The minimum atomic E-state index is -0.258. The Morgan fingerprint density at radius 1 is 1.12 bits per heavy atom. The molecule has 0 aliphatic heterocycles. The molecule has 0 saturated heterocycles. The number of rotatable bonds is 5. The Hall–Kier alpha value is -2.73. The monoisotopic (exact) mass is 343 g/mol. The fraction of sp³-hybridized carbons (Fsp3) is 0.118. The number of aryl methyl sites for hydroxylation is 1. The first-order valence-corrected chi connectivity index (χ1v) is 7.69. The van der Waals surface area contributed by atoms with Crippen molar-refractivity contribution < 1.29 is 4.39 Å². The van der Waals surface area contributed by atoms with E-state index in [1.54, 1.807) is 18.2 Å². The predicted molar refractivity (Wildman–Crippen MR) is 93.0 cm³/mol. The Balaban J connectivity index is 1.69. The second-order valence-corrected chi connectivity index (χ2v) is 5.67. The molecule has 0 unspecified atom stereocenters. The lowest BCUT2D eigenvalue weighted by Gasteiger charge is -2.10. The van der Waals surface area contributed by atoms with Gasteiger partial charge in [-0.2, -0.15) is 10.1 Å². The number of hydrogen-bond donors (Lipinski definition) is 2. The van der Waals surface area contributed by atoms with Gasteiger partial charge in [-0.3, -0.25) is 0 Å². The van der Waals surface area contributed by atoms with E-state index in [0.29, 0.717) is 23.3 Å². The van der Waals surface area contributed by atoms with Crippen molar-refractivity contribution in [2.24, 2.45) is 0 Å². The van der Waals surface area contributed by atoms with E-state index in [1.807, 2.05) is 19.1 Å². The van der Waals surface area contributed by atoms with E-state index >= 15 is 0 Å². The van der Waals surface area contributed by atoms with Crippen molar-refractivity contribution in [3.63, 3.8) is 0 Å². The summed E-state index contributed by atoms with van der Waals surface area (Å²) in [6.07, 6.45) is 1.53. The molecule has 0 bridgehead atoms. The fourth-order valence-electron chi connectivity index (χ4n) is 2.09. The Kier molecular flexibility index (Phi) is 4.86. The van der Waals surface area contributed by atoms with E-state index in [0.717, 1.165) is 16.8 Å². The number of nitrogens with one attached hydrogen (secondary N) is 2. The van der Waals surface area contributed by atoms with E-state index in [1.165, 1.54) is 18.3 Å². The average Bonchev–Trinajstić information content (AvgIpc) is 2.58. The van der Waals surface area contributed by atoms with E-state index in [9.17, 15) is 4.39 Å². The summed E-state index contributed by atoms with van der Waals surface area (Å²) in [5.74, 6) is 0.673. The van der Waals surface area contributed by atoms with Gasteiger partial charge in [0.2, 0.25) is 5.95 Å². The number of benzene rings is 2. The molecular weight excluding hydrogens is 329 g/mol. The van der Waals surface area contributed by atoms with Gasteiger partial charge in [0.25, 0.3) is 0 Å². The molecule has 2 aromatic carbocycles. The molecule has 0 aliphatic rings. The third kappa shape index (κ3) is 4.17. The molecule has 0 spiro atoms. The predicted octanol–water partition coefficient (Wildman–Crippen LogP) is 4.33. The molecule has 0 aliphatic carbocycles. The van der Waals surface area contributed by atoms with Gasteiger partial charge in [-0.05, 0) is 42.3 Å². The first kappa shape index (κ1) is 16.1. The number of hydrogen-bond acceptors (Lipinski definition) is 5. The van der Waals surface area contributed by atoms with Crippen molar-refractivity contribution in [3.05, 3.63) is 70.6 Å². The summed E-state index contributed by atoms with van der Waals surface area (Å²) in [5, 5.41) is 14.8. The lowest BCUT2D eigenvalue weighted by molar-refractivity contribution is 0.627. The highest BCUT2D eigenvalue weighted by molar-refractivity contribution is 6.30. The van der Waals surface area contributed by atoms with Gasteiger partial charge < -0.3 is 10.6 Å². The molecule has 3 rings (SSSR count). The van der Waals surface area contributed by atoms with Gasteiger partial charge in [0.05, 0.1) is 6.20 Å². The van der Waals surface area contributed by atoms with Crippen molar-refractivity contribution in [1.29, 1.82) is 0 Å². The Morgan fingerprint density at radius 2 is 1.92 bits per heavy atom. The quantitative estimate of drug-likeness (QED) is 0.722. The zero-order valence-electron chi connectivity index (χ0n) is 12.9. The highest BCUT2D eigenvalue weighted by Crippen LogP contribution is 2.22. The van der Waals surface area contributed by atoms with Crippen molar-refractivity contribution >= 4 is 29.1 Å². The van der Waals surface area contributed by atoms with Gasteiger partial charge in [0.15, 0.2) is 5.82 Å². The van der Waals surface area contributed by atoms with Gasteiger partial charge >= 0.3 is 0 Å². The highest BCUT2D eigenvalue weighted by Gasteiger charge is 2.05. The Bertz CT molecular complexity index is 839. The summed E-state index contributed by atoms with van der Waals surface area (Å²) in [5.41, 5.74) is 2.78. The lowest BCUT2D eigenvalue weighted by Crippen LogP contribution is -2.06. The first-order chi connectivity index (χ1) is 11.6. The molecule has 1 aromatic heterocycles. The second-order valence-electron chi connectivity index (χ2n) is 5.23. The molecule has 5 nitrogen and oxygen atoms in total. The van der Waals surface area contributed by atoms with Crippen LogP contribution in [-0.4, -0.2) is 15.2 Å². The van der Waals surface area contributed by atoms with Crippen LogP contribution in [-0.2, 0) is 6.54 Å². The van der Waals surface area contributed by atoms with Crippen LogP contribution >= 0.6 is 11.6 Å². The molecule has 2 N–H and O–H groups in total. The van der Waals surface area contributed by atoms with Crippen LogP contribution in [0.4, 0.5) is 21.8 Å². The van der Waals surface area contributed by atoms with Crippen molar-refractivity contribution in [2.45, 2.75) is 13.5 Å². The minimum Gasteiger partial charge on any atom is -0.365 e. The zero-order chi connectivity index (χ0) is 16.9. The van der Waals surface area contributed by atoms with Gasteiger partial charge in [0, 0.05) is 17.3 Å². The van der Waals surface area contributed by atoms with Crippen molar-refractivity contribution in [2.75, 3.05) is 10.6 Å². The maximum Gasteiger partial charge on any atom is 0.249 e. The van der Waals surface area contributed by atoms with Crippen LogP contribution in [0.15, 0.2) is 48.7 Å². The highest BCUT2D eigenvalue weighted by atomic mass is 35.5. The van der Waals surface area contributed by atoms with Crippen LogP contribution in [0.1, 0.15) is 11.1 Å². The normalized spacial score (nSPS) is 10.5. The number of aromatic nitrogens is 3. The topological polar surface area (TPSA) is 62.7 Å². The van der Waals surface area contributed by atoms with Crippen LogP contribution in [0.25, 0.3) is 0 Å². The second kappa shape index (κ2) is 7.23. The largest absolute Gasteiger partial charge is 0.365 e. The molecule has 7 heteroatoms. The van der Waals surface area contributed by atoms with E-state index in [4.69, 9.17) is 11.6 Å². The molecule has 0 radical (unpaired) electrons. The Labute approximate surface area is 143 Å². The molecule has 122 valence electrons. The third-order valence-electron chi connectivity index (χ3n) is 3.39. The molecule has 3 aromatic rings. The zero-order valence-corrected chi connectivity index (χ0v) is 13.7. The SMILES string of the molecule is Cc1ccc(Cl)cc1Nc1nncc(NCc2ccc(F)cc2)n1. The van der Waals surface area contributed by atoms with E-state index < -0.39 is 0 Å². The lowest BCUT2D eigenvalue weighted by atomic mass is 10.2. The molecule has 0 amide bonds. The molecule has 0 saturated carbocycles. The van der Waals surface area contributed by atoms with Gasteiger partial charge in [-0.1, -0.05) is 29.8 Å². The maximum atomic E-state index is 12.9. The molecule has 1 heterocycles. The molecule has 24 heavy (non-hydrogen) atoms. The van der Waals surface area contributed by atoms with E-state index in [2.05, 4.69) is 25.8 Å². The summed E-state index contributed by atoms with van der Waals surface area (Å²) in [6.45, 7) is 2.47. The van der Waals surface area contributed by atoms with Gasteiger partial charge in [-0.15, -0.1) is 5.10 Å². The summed E-state index contributed by atoms with van der Waals surface area (Å²) < 4.78 is 12.9. The third-order valence-corrected chi connectivity index (χ3v) is 3.63. The standard InChI is InChI=1S/C17H15ClFN5/c1-11-2-5-13(18)8-15(11)22-17-23-16(10-21-24-17)20-9-12-3-6-14(19)7-4-12/h2-8,10H,9H2,1H3,(H2,20,22,23,24). The van der Waals surface area contributed by atoms with Crippen LogP contribution in [0.2, 0.25) is 5.02 Å². The summed E-state index contributed by atoms with van der Waals surface area (Å²) in [4.78, 5) is 4.36. The smallest absolute Gasteiger partial charge is 0.249 e. The minimum absolute atomic E-state index is 0.258. The van der Waals surface area contributed by atoms with Gasteiger partial charge in [0.1, 0.15) is 5.82 Å². The van der Waals surface area contributed by atoms with Crippen LogP contribution < -0.4 is 10.6 Å². The average molecular weight is 344 g/mol. The van der Waals surface area contributed by atoms with Crippen LogP contribution in [0, 0.1) is 12.7 Å². The number of anilines is 3. The molecule has 0 fully saturated rings. The Morgan fingerprint density at radius 3 is 2.71 bits per heavy atom. The van der Waals surface area contributed by atoms with Crippen molar-refractivity contribution in [1.82, 2.24) is 15.2 Å². The van der Waals surface area contributed by atoms with E-state index in [-0.39, 0.29) is 5.82 Å². The maximum absolute atomic E-state index is 12.9.